The second-order valence-electron chi connectivity index (χ2n) is 5.19. The average Bonchev–Trinajstić information content (AvgIpc) is 2.52. The van der Waals surface area contributed by atoms with E-state index in [0.29, 0.717) is 6.54 Å². The molecule has 2 aromatic carbocycles. The molecule has 0 aliphatic rings. The Balaban J connectivity index is 1.90. The maximum absolute atomic E-state index is 12.1. The summed E-state index contributed by atoms with van der Waals surface area (Å²) in [6, 6.07) is 13.3. The first-order chi connectivity index (χ1) is 10.9. The summed E-state index contributed by atoms with van der Waals surface area (Å²) in [5.41, 5.74) is 2.78. The molecule has 2 aromatic rings. The Bertz CT molecular complexity index is 609. The normalized spacial score (nSPS) is 12.9. The highest BCUT2D eigenvalue weighted by Gasteiger charge is 2.30. The van der Waals surface area contributed by atoms with Crippen LogP contribution in [0.1, 0.15) is 29.7 Å². The van der Waals surface area contributed by atoms with Gasteiger partial charge in [-0.05, 0) is 35.7 Å². The number of hydrogen-bond acceptors (Lipinski definition) is 3. The van der Waals surface area contributed by atoms with E-state index in [1.54, 1.807) is 12.1 Å². The summed E-state index contributed by atoms with van der Waals surface area (Å²) in [5.74, 6) is -0.229. The molecule has 3 nitrogen and oxygen atoms in total. The SMILES string of the molecule is CC(NCc1ccc(CO)cc1)c1ccc(OC(F)(F)F)cc1. The van der Waals surface area contributed by atoms with Gasteiger partial charge in [-0.15, -0.1) is 13.2 Å². The molecule has 23 heavy (non-hydrogen) atoms. The van der Waals surface area contributed by atoms with Crippen molar-refractivity contribution in [3.05, 3.63) is 65.2 Å². The molecule has 0 fully saturated rings. The fourth-order valence-corrected chi connectivity index (χ4v) is 2.11. The lowest BCUT2D eigenvalue weighted by Gasteiger charge is -2.15. The van der Waals surface area contributed by atoms with Crippen molar-refractivity contribution in [2.24, 2.45) is 0 Å². The number of nitrogens with one attached hydrogen (secondary N) is 1. The van der Waals surface area contributed by atoms with Crippen LogP contribution in [-0.4, -0.2) is 11.5 Å². The molecule has 0 saturated carbocycles. The van der Waals surface area contributed by atoms with Gasteiger partial charge in [-0.3, -0.25) is 0 Å². The van der Waals surface area contributed by atoms with Gasteiger partial charge in [0.1, 0.15) is 5.75 Å². The summed E-state index contributed by atoms with van der Waals surface area (Å²) in [6.07, 6.45) is -4.67. The topological polar surface area (TPSA) is 41.5 Å². The van der Waals surface area contributed by atoms with Crippen LogP contribution in [0.15, 0.2) is 48.5 Å². The smallest absolute Gasteiger partial charge is 0.406 e. The van der Waals surface area contributed by atoms with E-state index < -0.39 is 6.36 Å². The predicted octanol–water partition coefficient (Wildman–Crippen LogP) is 3.93. The summed E-state index contributed by atoms with van der Waals surface area (Å²) in [6.45, 7) is 2.56. The standard InChI is InChI=1S/C17H18F3NO2/c1-12(21-10-13-2-4-14(11-22)5-3-13)15-6-8-16(9-7-15)23-17(18,19)20/h2-9,12,21-22H,10-11H2,1H3. The summed E-state index contributed by atoms with van der Waals surface area (Å²) in [4.78, 5) is 0. The van der Waals surface area contributed by atoms with Gasteiger partial charge in [0.25, 0.3) is 0 Å². The van der Waals surface area contributed by atoms with Crippen molar-refractivity contribution in [3.63, 3.8) is 0 Å². The van der Waals surface area contributed by atoms with Crippen LogP contribution in [0.4, 0.5) is 13.2 Å². The van der Waals surface area contributed by atoms with Crippen LogP contribution in [0, 0.1) is 0 Å². The van der Waals surface area contributed by atoms with Crippen LogP contribution >= 0.6 is 0 Å². The number of benzene rings is 2. The number of rotatable bonds is 6. The maximum atomic E-state index is 12.1. The van der Waals surface area contributed by atoms with Crippen molar-refractivity contribution in [2.75, 3.05) is 0 Å². The van der Waals surface area contributed by atoms with Crippen LogP contribution in [0.25, 0.3) is 0 Å². The van der Waals surface area contributed by atoms with Crippen molar-refractivity contribution < 1.29 is 23.0 Å². The third-order valence-corrected chi connectivity index (χ3v) is 3.43. The zero-order valence-corrected chi connectivity index (χ0v) is 12.6. The Labute approximate surface area is 132 Å². The van der Waals surface area contributed by atoms with Gasteiger partial charge in [-0.25, -0.2) is 0 Å². The summed E-state index contributed by atoms with van der Waals surface area (Å²) in [7, 11) is 0. The van der Waals surface area contributed by atoms with Gasteiger partial charge in [0, 0.05) is 12.6 Å². The summed E-state index contributed by atoms with van der Waals surface area (Å²) >= 11 is 0. The molecular formula is C17H18F3NO2. The third kappa shape index (κ3) is 5.58. The summed E-state index contributed by atoms with van der Waals surface area (Å²) < 4.78 is 40.2. The minimum absolute atomic E-state index is 0.0104. The highest BCUT2D eigenvalue weighted by Crippen LogP contribution is 2.24. The molecule has 2 N–H and O–H groups in total. The molecule has 0 saturated heterocycles. The molecule has 1 unspecified atom stereocenters. The first-order valence-electron chi connectivity index (χ1n) is 7.15. The average molecular weight is 325 g/mol. The molecule has 0 spiro atoms. The number of aliphatic hydroxyl groups is 1. The molecule has 0 aliphatic heterocycles. The number of alkyl halides is 3. The lowest BCUT2D eigenvalue weighted by Crippen LogP contribution is -2.19. The second-order valence-corrected chi connectivity index (χ2v) is 5.19. The van der Waals surface area contributed by atoms with Gasteiger partial charge in [0.15, 0.2) is 0 Å². The van der Waals surface area contributed by atoms with E-state index in [4.69, 9.17) is 5.11 Å². The largest absolute Gasteiger partial charge is 0.573 e. The van der Waals surface area contributed by atoms with Crippen LogP contribution < -0.4 is 10.1 Å². The number of aliphatic hydroxyl groups excluding tert-OH is 1. The van der Waals surface area contributed by atoms with E-state index >= 15 is 0 Å². The maximum Gasteiger partial charge on any atom is 0.573 e. The molecule has 1 atom stereocenters. The fourth-order valence-electron chi connectivity index (χ4n) is 2.11. The lowest BCUT2D eigenvalue weighted by atomic mass is 10.1. The van der Waals surface area contributed by atoms with Crippen molar-refractivity contribution in [1.29, 1.82) is 0 Å². The Kier molecular flexibility index (Phi) is 5.63. The molecule has 0 heterocycles. The highest BCUT2D eigenvalue weighted by atomic mass is 19.4. The van der Waals surface area contributed by atoms with Crippen LogP contribution in [0.5, 0.6) is 5.75 Å². The van der Waals surface area contributed by atoms with Crippen molar-refractivity contribution in [3.8, 4) is 5.75 Å². The monoisotopic (exact) mass is 325 g/mol. The van der Waals surface area contributed by atoms with E-state index in [-0.39, 0.29) is 18.4 Å². The molecule has 0 radical (unpaired) electrons. The molecule has 124 valence electrons. The van der Waals surface area contributed by atoms with Crippen molar-refractivity contribution >= 4 is 0 Å². The van der Waals surface area contributed by atoms with Gasteiger partial charge in [0.2, 0.25) is 0 Å². The fraction of sp³-hybridized carbons (Fsp3) is 0.294. The second kappa shape index (κ2) is 7.48. The third-order valence-electron chi connectivity index (χ3n) is 3.43. The molecule has 0 bridgehead atoms. The van der Waals surface area contributed by atoms with Crippen LogP contribution in [0.3, 0.4) is 0 Å². The van der Waals surface area contributed by atoms with E-state index in [9.17, 15) is 13.2 Å². The Hall–Kier alpha value is -2.05. The van der Waals surface area contributed by atoms with Crippen LogP contribution in [-0.2, 0) is 13.2 Å². The zero-order valence-electron chi connectivity index (χ0n) is 12.6. The van der Waals surface area contributed by atoms with Gasteiger partial charge in [0.05, 0.1) is 6.61 Å². The van der Waals surface area contributed by atoms with Gasteiger partial charge in [-0.2, -0.15) is 0 Å². The Morgan fingerprint density at radius 2 is 1.57 bits per heavy atom. The van der Waals surface area contributed by atoms with Gasteiger partial charge in [-0.1, -0.05) is 36.4 Å². The molecule has 2 rings (SSSR count). The minimum Gasteiger partial charge on any atom is -0.406 e. The number of hydrogen-bond donors (Lipinski definition) is 2. The van der Waals surface area contributed by atoms with Gasteiger partial charge < -0.3 is 15.2 Å². The van der Waals surface area contributed by atoms with E-state index in [2.05, 4.69) is 10.1 Å². The number of ether oxygens (including phenoxy) is 1. The first kappa shape index (κ1) is 17.3. The van der Waals surface area contributed by atoms with Crippen LogP contribution in [0.2, 0.25) is 0 Å². The molecule has 6 heteroatoms. The Morgan fingerprint density at radius 3 is 2.09 bits per heavy atom. The zero-order chi connectivity index (χ0) is 16.9. The van der Waals surface area contributed by atoms with Crippen molar-refractivity contribution in [1.82, 2.24) is 5.32 Å². The Morgan fingerprint density at radius 1 is 1.00 bits per heavy atom. The van der Waals surface area contributed by atoms with E-state index in [0.717, 1.165) is 16.7 Å². The summed E-state index contributed by atoms with van der Waals surface area (Å²) in [5, 5.41) is 12.3. The number of halogens is 3. The molecule has 0 aromatic heterocycles. The molecular weight excluding hydrogens is 307 g/mol. The molecule has 0 amide bonds. The lowest BCUT2D eigenvalue weighted by molar-refractivity contribution is -0.274. The van der Waals surface area contributed by atoms with E-state index in [1.807, 2.05) is 31.2 Å². The first-order valence-corrected chi connectivity index (χ1v) is 7.15. The predicted molar refractivity (Wildman–Crippen MR) is 80.7 cm³/mol. The van der Waals surface area contributed by atoms with Crippen molar-refractivity contribution in [2.45, 2.75) is 32.5 Å². The molecule has 0 aliphatic carbocycles. The minimum atomic E-state index is -4.67. The van der Waals surface area contributed by atoms with E-state index in [1.165, 1.54) is 12.1 Å². The highest BCUT2D eigenvalue weighted by molar-refractivity contribution is 5.29. The quantitative estimate of drug-likeness (QED) is 0.845. The van der Waals surface area contributed by atoms with Gasteiger partial charge >= 0.3 is 6.36 Å².